The molecule has 1 fully saturated rings. The van der Waals surface area contributed by atoms with Crippen molar-refractivity contribution >= 4 is 5.91 Å². The molecular formula is C12H25N3O. The molecule has 0 radical (unpaired) electrons. The van der Waals surface area contributed by atoms with Gasteiger partial charge in [0.2, 0.25) is 5.91 Å². The third-order valence-electron chi connectivity index (χ3n) is 3.49. The lowest BCUT2D eigenvalue weighted by molar-refractivity contribution is -0.133. The first-order valence-corrected chi connectivity index (χ1v) is 6.38. The minimum Gasteiger partial charge on any atom is -0.341 e. The van der Waals surface area contributed by atoms with Gasteiger partial charge in [-0.05, 0) is 32.9 Å². The first-order chi connectivity index (χ1) is 7.60. The Morgan fingerprint density at radius 3 is 2.25 bits per heavy atom. The molecule has 1 aliphatic rings. The quantitative estimate of drug-likeness (QED) is 0.768. The summed E-state index contributed by atoms with van der Waals surface area (Å²) in [4.78, 5) is 16.1. The fourth-order valence-electron chi connectivity index (χ4n) is 2.48. The first kappa shape index (κ1) is 13.5. The zero-order chi connectivity index (χ0) is 12.1. The standard InChI is InChI=1S/C12H25N3O/c1-4-14(5-2)11-6-8-15(9-7-11)12(16)10(3)13/h10-11H,4-9,13H2,1-3H3/t10-/m1/s1. The third kappa shape index (κ3) is 3.19. The van der Waals surface area contributed by atoms with E-state index in [0.29, 0.717) is 6.04 Å². The van der Waals surface area contributed by atoms with Gasteiger partial charge in [0.25, 0.3) is 0 Å². The lowest BCUT2D eigenvalue weighted by Crippen LogP contribution is -2.50. The number of amides is 1. The minimum atomic E-state index is -0.356. The zero-order valence-electron chi connectivity index (χ0n) is 10.8. The van der Waals surface area contributed by atoms with Gasteiger partial charge < -0.3 is 15.5 Å². The van der Waals surface area contributed by atoms with E-state index >= 15 is 0 Å². The van der Waals surface area contributed by atoms with Crippen LogP contribution in [0.3, 0.4) is 0 Å². The number of hydrogen-bond acceptors (Lipinski definition) is 3. The van der Waals surface area contributed by atoms with Crippen molar-refractivity contribution in [2.75, 3.05) is 26.2 Å². The van der Waals surface area contributed by atoms with E-state index in [1.165, 1.54) is 0 Å². The topological polar surface area (TPSA) is 49.6 Å². The van der Waals surface area contributed by atoms with Crippen molar-refractivity contribution in [2.24, 2.45) is 5.73 Å². The highest BCUT2D eigenvalue weighted by atomic mass is 16.2. The molecule has 16 heavy (non-hydrogen) atoms. The van der Waals surface area contributed by atoms with Crippen molar-refractivity contribution < 1.29 is 4.79 Å². The van der Waals surface area contributed by atoms with E-state index in [9.17, 15) is 4.79 Å². The van der Waals surface area contributed by atoms with Gasteiger partial charge in [0, 0.05) is 19.1 Å². The molecule has 1 saturated heterocycles. The molecule has 94 valence electrons. The monoisotopic (exact) mass is 227 g/mol. The van der Waals surface area contributed by atoms with Crippen LogP contribution in [0.1, 0.15) is 33.6 Å². The van der Waals surface area contributed by atoms with Crippen LogP contribution in [0.25, 0.3) is 0 Å². The number of carbonyl (C=O) groups excluding carboxylic acids is 1. The van der Waals surface area contributed by atoms with E-state index in [1.54, 1.807) is 6.92 Å². The number of nitrogens with zero attached hydrogens (tertiary/aromatic N) is 2. The molecule has 0 aromatic rings. The molecule has 0 saturated carbocycles. The number of rotatable bonds is 4. The van der Waals surface area contributed by atoms with Crippen molar-refractivity contribution in [1.29, 1.82) is 0 Å². The SMILES string of the molecule is CCN(CC)C1CCN(C(=O)[C@@H](C)N)CC1. The van der Waals surface area contributed by atoms with Gasteiger partial charge in [-0.25, -0.2) is 0 Å². The maximum absolute atomic E-state index is 11.7. The molecule has 0 unspecified atom stereocenters. The van der Waals surface area contributed by atoms with Crippen LogP contribution in [-0.4, -0.2) is 54.0 Å². The molecule has 0 bridgehead atoms. The molecule has 4 heteroatoms. The smallest absolute Gasteiger partial charge is 0.239 e. The average Bonchev–Trinajstić information content (AvgIpc) is 2.30. The number of likely N-dealkylation sites (tertiary alicyclic amines) is 1. The highest BCUT2D eigenvalue weighted by Crippen LogP contribution is 2.16. The second-order valence-corrected chi connectivity index (χ2v) is 4.57. The van der Waals surface area contributed by atoms with Crippen LogP contribution >= 0.6 is 0 Å². The first-order valence-electron chi connectivity index (χ1n) is 6.38. The van der Waals surface area contributed by atoms with Crippen LogP contribution in [0.15, 0.2) is 0 Å². The largest absolute Gasteiger partial charge is 0.341 e. The van der Waals surface area contributed by atoms with Crippen LogP contribution < -0.4 is 5.73 Å². The molecule has 2 N–H and O–H groups in total. The molecule has 1 atom stereocenters. The second-order valence-electron chi connectivity index (χ2n) is 4.57. The summed E-state index contributed by atoms with van der Waals surface area (Å²) in [6.45, 7) is 10.1. The number of nitrogens with two attached hydrogens (primary N) is 1. The molecule has 1 amide bonds. The van der Waals surface area contributed by atoms with E-state index in [-0.39, 0.29) is 11.9 Å². The summed E-state index contributed by atoms with van der Waals surface area (Å²) in [6, 6.07) is 0.289. The van der Waals surface area contributed by atoms with Crippen molar-refractivity contribution in [2.45, 2.75) is 45.7 Å². The minimum absolute atomic E-state index is 0.0954. The van der Waals surface area contributed by atoms with Crippen LogP contribution in [0.5, 0.6) is 0 Å². The van der Waals surface area contributed by atoms with Crippen molar-refractivity contribution in [3.63, 3.8) is 0 Å². The predicted molar refractivity (Wildman–Crippen MR) is 66.2 cm³/mol. The molecule has 4 nitrogen and oxygen atoms in total. The lowest BCUT2D eigenvalue weighted by atomic mass is 10.0. The number of piperidine rings is 1. The number of carbonyl (C=O) groups is 1. The molecule has 0 aromatic carbocycles. The third-order valence-corrected chi connectivity index (χ3v) is 3.49. The summed E-state index contributed by atoms with van der Waals surface area (Å²) in [5.41, 5.74) is 5.61. The van der Waals surface area contributed by atoms with Crippen molar-refractivity contribution in [3.05, 3.63) is 0 Å². The molecule has 1 heterocycles. The maximum atomic E-state index is 11.7. The highest BCUT2D eigenvalue weighted by molar-refractivity contribution is 5.81. The molecule has 1 rings (SSSR count). The number of hydrogen-bond donors (Lipinski definition) is 1. The predicted octanol–water partition coefficient (Wildman–Crippen LogP) is 0.666. The Morgan fingerprint density at radius 1 is 1.38 bits per heavy atom. The highest BCUT2D eigenvalue weighted by Gasteiger charge is 2.26. The summed E-state index contributed by atoms with van der Waals surface area (Å²) in [5.74, 6) is 0.0954. The van der Waals surface area contributed by atoms with Crippen molar-refractivity contribution in [3.8, 4) is 0 Å². The molecule has 0 spiro atoms. The van der Waals surface area contributed by atoms with Gasteiger partial charge >= 0.3 is 0 Å². The summed E-state index contributed by atoms with van der Waals surface area (Å²) >= 11 is 0. The summed E-state index contributed by atoms with van der Waals surface area (Å²) < 4.78 is 0. The fourth-order valence-corrected chi connectivity index (χ4v) is 2.48. The maximum Gasteiger partial charge on any atom is 0.239 e. The fraction of sp³-hybridized carbons (Fsp3) is 0.917. The normalized spacial score (nSPS) is 20.2. The van der Waals surface area contributed by atoms with E-state index in [1.807, 2.05) is 4.90 Å². The molecule has 0 aliphatic carbocycles. The Kier molecular flexibility index (Phi) is 5.22. The summed E-state index contributed by atoms with van der Waals surface area (Å²) in [6.07, 6.45) is 2.17. The zero-order valence-corrected chi connectivity index (χ0v) is 10.8. The van der Waals surface area contributed by atoms with E-state index in [0.717, 1.165) is 39.0 Å². The average molecular weight is 227 g/mol. The van der Waals surface area contributed by atoms with Gasteiger partial charge in [0.1, 0.15) is 0 Å². The molecule has 1 aliphatic heterocycles. The summed E-state index contributed by atoms with van der Waals surface area (Å²) in [5, 5.41) is 0. The van der Waals surface area contributed by atoms with E-state index in [4.69, 9.17) is 5.73 Å². The Balaban J connectivity index is 2.42. The van der Waals surface area contributed by atoms with Gasteiger partial charge in [0.15, 0.2) is 0 Å². The van der Waals surface area contributed by atoms with E-state index in [2.05, 4.69) is 18.7 Å². The van der Waals surface area contributed by atoms with Gasteiger partial charge in [-0.1, -0.05) is 13.8 Å². The Morgan fingerprint density at radius 2 is 1.88 bits per heavy atom. The molecule has 0 aromatic heterocycles. The second kappa shape index (κ2) is 6.21. The van der Waals surface area contributed by atoms with Gasteiger partial charge in [-0.2, -0.15) is 0 Å². The van der Waals surface area contributed by atoms with Gasteiger partial charge in [-0.3, -0.25) is 4.79 Å². The van der Waals surface area contributed by atoms with Crippen LogP contribution in [-0.2, 0) is 4.79 Å². The summed E-state index contributed by atoms with van der Waals surface area (Å²) in [7, 11) is 0. The van der Waals surface area contributed by atoms with Crippen LogP contribution in [0.2, 0.25) is 0 Å². The lowest BCUT2D eigenvalue weighted by Gasteiger charge is -2.38. The Hall–Kier alpha value is -0.610. The van der Waals surface area contributed by atoms with Gasteiger partial charge in [0.05, 0.1) is 6.04 Å². The Bertz CT molecular complexity index is 218. The van der Waals surface area contributed by atoms with Gasteiger partial charge in [-0.15, -0.1) is 0 Å². The Labute approximate surface area is 98.8 Å². The van der Waals surface area contributed by atoms with Crippen LogP contribution in [0, 0.1) is 0 Å². The molecular weight excluding hydrogens is 202 g/mol. The van der Waals surface area contributed by atoms with Crippen LogP contribution in [0.4, 0.5) is 0 Å². The van der Waals surface area contributed by atoms with Crippen molar-refractivity contribution in [1.82, 2.24) is 9.80 Å². The van der Waals surface area contributed by atoms with E-state index < -0.39 is 0 Å².